The van der Waals surface area contributed by atoms with Gasteiger partial charge in [0.2, 0.25) is 5.91 Å². The zero-order valence-electron chi connectivity index (χ0n) is 13.6. The highest BCUT2D eigenvalue weighted by atomic mass is 16.1. The van der Waals surface area contributed by atoms with E-state index in [0.29, 0.717) is 13.0 Å². The molecule has 0 aliphatic carbocycles. The summed E-state index contributed by atoms with van der Waals surface area (Å²) in [7, 11) is 0. The van der Waals surface area contributed by atoms with Gasteiger partial charge in [0.15, 0.2) is 0 Å². The van der Waals surface area contributed by atoms with Crippen LogP contribution < -0.4 is 10.6 Å². The third-order valence-electron chi connectivity index (χ3n) is 3.02. The van der Waals surface area contributed by atoms with E-state index in [1.54, 1.807) is 0 Å². The normalized spacial score (nSPS) is 12.3. The van der Waals surface area contributed by atoms with Crippen molar-refractivity contribution in [2.45, 2.75) is 58.9 Å². The van der Waals surface area contributed by atoms with Gasteiger partial charge in [-0.05, 0) is 37.8 Å². The van der Waals surface area contributed by atoms with E-state index in [4.69, 9.17) is 0 Å². The summed E-state index contributed by atoms with van der Waals surface area (Å²) in [6, 6.07) is 8.01. The molecule has 1 rings (SSSR count). The lowest BCUT2D eigenvalue weighted by molar-refractivity contribution is -0.116. The highest BCUT2D eigenvalue weighted by Gasteiger charge is 2.18. The number of rotatable bonds is 4. The van der Waals surface area contributed by atoms with Crippen LogP contribution in [0, 0.1) is 0 Å². The van der Waals surface area contributed by atoms with Gasteiger partial charge in [-0.25, -0.2) is 0 Å². The van der Waals surface area contributed by atoms with Crippen LogP contribution in [-0.2, 0) is 10.2 Å². The van der Waals surface area contributed by atoms with E-state index in [0.717, 1.165) is 11.3 Å². The molecule has 20 heavy (non-hydrogen) atoms. The lowest BCUT2D eigenvalue weighted by Crippen LogP contribution is -2.37. The largest absolute Gasteiger partial charge is 0.326 e. The van der Waals surface area contributed by atoms with Crippen molar-refractivity contribution in [3.63, 3.8) is 0 Å². The summed E-state index contributed by atoms with van der Waals surface area (Å²) < 4.78 is 0. The third-order valence-corrected chi connectivity index (χ3v) is 3.02. The number of benzene rings is 1. The Kier molecular flexibility index (Phi) is 5.35. The second-order valence-corrected chi connectivity index (χ2v) is 7.27. The number of para-hydroxylation sites is 1. The molecular weight excluding hydrogens is 248 g/mol. The third kappa shape index (κ3) is 5.74. The second-order valence-electron chi connectivity index (χ2n) is 7.27. The molecule has 1 aromatic rings. The van der Waals surface area contributed by atoms with Crippen LogP contribution >= 0.6 is 0 Å². The van der Waals surface area contributed by atoms with Crippen LogP contribution in [0.15, 0.2) is 24.3 Å². The van der Waals surface area contributed by atoms with Gasteiger partial charge in [-0.3, -0.25) is 4.79 Å². The van der Waals surface area contributed by atoms with Gasteiger partial charge in [0.1, 0.15) is 0 Å². The zero-order chi connectivity index (χ0) is 15.4. The van der Waals surface area contributed by atoms with Crippen molar-refractivity contribution < 1.29 is 4.79 Å². The van der Waals surface area contributed by atoms with Crippen molar-refractivity contribution in [1.29, 1.82) is 0 Å². The monoisotopic (exact) mass is 276 g/mol. The summed E-state index contributed by atoms with van der Waals surface area (Å²) in [4.78, 5) is 12.0. The number of anilines is 1. The van der Waals surface area contributed by atoms with Gasteiger partial charge >= 0.3 is 0 Å². The lowest BCUT2D eigenvalue weighted by atomic mass is 9.86. The molecule has 112 valence electrons. The number of hydrogen-bond donors (Lipinski definition) is 2. The van der Waals surface area contributed by atoms with Crippen LogP contribution in [-0.4, -0.2) is 18.0 Å². The Balaban J connectivity index is 2.63. The molecule has 0 fully saturated rings. The highest BCUT2D eigenvalue weighted by Crippen LogP contribution is 2.29. The summed E-state index contributed by atoms with van der Waals surface area (Å²) in [6.45, 7) is 13.4. The van der Waals surface area contributed by atoms with Crippen molar-refractivity contribution in [3.8, 4) is 0 Å². The molecule has 0 saturated carbocycles. The molecule has 0 spiro atoms. The van der Waals surface area contributed by atoms with Crippen molar-refractivity contribution in [2.75, 3.05) is 11.9 Å². The Labute approximate surface area is 123 Å². The smallest absolute Gasteiger partial charge is 0.225 e. The standard InChI is InChI=1S/C17H28N2O/c1-16(2,3)13-9-7-8-10-14(13)19-15(20)11-12-18-17(4,5)6/h7-10,18H,11-12H2,1-6H3,(H,19,20). The van der Waals surface area contributed by atoms with E-state index < -0.39 is 0 Å². The van der Waals surface area contributed by atoms with E-state index in [2.05, 4.69) is 58.2 Å². The van der Waals surface area contributed by atoms with E-state index in [1.807, 2.05) is 18.2 Å². The zero-order valence-corrected chi connectivity index (χ0v) is 13.6. The quantitative estimate of drug-likeness (QED) is 0.880. The molecule has 1 aromatic carbocycles. The number of carbonyl (C=O) groups excluding carboxylic acids is 1. The molecule has 2 N–H and O–H groups in total. The van der Waals surface area contributed by atoms with E-state index in [-0.39, 0.29) is 16.9 Å². The maximum atomic E-state index is 12.0. The minimum absolute atomic E-state index is 0.0214. The molecule has 1 amide bonds. The van der Waals surface area contributed by atoms with E-state index in [1.165, 1.54) is 0 Å². The fraction of sp³-hybridized carbons (Fsp3) is 0.588. The van der Waals surface area contributed by atoms with Crippen molar-refractivity contribution >= 4 is 11.6 Å². The van der Waals surface area contributed by atoms with Crippen molar-refractivity contribution in [2.24, 2.45) is 0 Å². The Bertz CT molecular complexity index is 453. The van der Waals surface area contributed by atoms with Gasteiger partial charge in [0.05, 0.1) is 0 Å². The maximum Gasteiger partial charge on any atom is 0.225 e. The van der Waals surface area contributed by atoms with Crippen molar-refractivity contribution in [1.82, 2.24) is 5.32 Å². The van der Waals surface area contributed by atoms with Gasteiger partial charge in [-0.15, -0.1) is 0 Å². The Morgan fingerprint density at radius 3 is 2.20 bits per heavy atom. The average molecular weight is 276 g/mol. The molecular formula is C17H28N2O. The second kappa shape index (κ2) is 6.40. The van der Waals surface area contributed by atoms with Gasteiger partial charge in [0.25, 0.3) is 0 Å². The number of nitrogens with one attached hydrogen (secondary N) is 2. The molecule has 3 heteroatoms. The van der Waals surface area contributed by atoms with Crippen LogP contribution in [0.5, 0.6) is 0 Å². The summed E-state index contributed by atoms with van der Waals surface area (Å²) in [6.07, 6.45) is 0.482. The summed E-state index contributed by atoms with van der Waals surface area (Å²) >= 11 is 0. The first-order valence-corrected chi connectivity index (χ1v) is 7.24. The molecule has 0 aromatic heterocycles. The molecule has 0 bridgehead atoms. The molecule has 0 heterocycles. The fourth-order valence-electron chi connectivity index (χ4n) is 2.01. The Hall–Kier alpha value is -1.35. The first-order valence-electron chi connectivity index (χ1n) is 7.24. The molecule has 0 aliphatic heterocycles. The SMILES string of the molecule is CC(C)(C)NCCC(=O)Nc1ccccc1C(C)(C)C. The van der Waals surface area contributed by atoms with E-state index in [9.17, 15) is 4.79 Å². The first-order chi connectivity index (χ1) is 9.09. The van der Waals surface area contributed by atoms with Crippen LogP contribution in [0.25, 0.3) is 0 Å². The number of carbonyl (C=O) groups is 1. The molecule has 0 aliphatic rings. The van der Waals surface area contributed by atoms with Gasteiger partial charge < -0.3 is 10.6 Å². The van der Waals surface area contributed by atoms with Crippen LogP contribution in [0.2, 0.25) is 0 Å². The van der Waals surface area contributed by atoms with Gasteiger partial charge in [-0.2, -0.15) is 0 Å². The number of amides is 1. The fourth-order valence-corrected chi connectivity index (χ4v) is 2.01. The van der Waals surface area contributed by atoms with Crippen LogP contribution in [0.4, 0.5) is 5.69 Å². The van der Waals surface area contributed by atoms with Gasteiger partial charge in [-0.1, -0.05) is 39.0 Å². The van der Waals surface area contributed by atoms with Gasteiger partial charge in [0, 0.05) is 24.2 Å². The predicted molar refractivity (Wildman–Crippen MR) is 86.1 cm³/mol. The molecule has 0 radical (unpaired) electrons. The summed E-state index contributed by atoms with van der Waals surface area (Å²) in [5.74, 6) is 0.0541. The van der Waals surface area contributed by atoms with Crippen LogP contribution in [0.1, 0.15) is 53.5 Å². The average Bonchev–Trinajstić information content (AvgIpc) is 2.26. The number of hydrogen-bond acceptors (Lipinski definition) is 2. The maximum absolute atomic E-state index is 12.0. The molecule has 0 atom stereocenters. The predicted octanol–water partition coefficient (Wildman–Crippen LogP) is 3.70. The van der Waals surface area contributed by atoms with Crippen LogP contribution in [0.3, 0.4) is 0 Å². The molecule has 3 nitrogen and oxygen atoms in total. The minimum Gasteiger partial charge on any atom is -0.326 e. The minimum atomic E-state index is 0.0214. The Morgan fingerprint density at radius 1 is 1.05 bits per heavy atom. The van der Waals surface area contributed by atoms with Crippen molar-refractivity contribution in [3.05, 3.63) is 29.8 Å². The summed E-state index contributed by atoms with van der Waals surface area (Å²) in [5.41, 5.74) is 2.15. The van der Waals surface area contributed by atoms with E-state index >= 15 is 0 Å². The highest BCUT2D eigenvalue weighted by molar-refractivity contribution is 5.91. The Morgan fingerprint density at radius 2 is 1.65 bits per heavy atom. The molecule has 0 saturated heterocycles. The molecule has 0 unspecified atom stereocenters. The summed E-state index contributed by atoms with van der Waals surface area (Å²) in [5, 5.41) is 6.35. The topological polar surface area (TPSA) is 41.1 Å². The first kappa shape index (κ1) is 16.7. The lowest BCUT2D eigenvalue weighted by Gasteiger charge is -2.23.